The Hall–Kier alpha value is -2.07. The van der Waals surface area contributed by atoms with Gasteiger partial charge in [0.15, 0.2) is 0 Å². The van der Waals surface area contributed by atoms with E-state index in [0.717, 1.165) is 0 Å². The highest BCUT2D eigenvalue weighted by atomic mass is 35.5. The van der Waals surface area contributed by atoms with E-state index >= 15 is 0 Å². The zero-order valence-corrected chi connectivity index (χ0v) is 10.8. The zero-order valence-electron chi connectivity index (χ0n) is 10.1. The first-order valence-corrected chi connectivity index (χ1v) is 5.91. The number of aryl methyl sites for hydroxylation is 1. The molecule has 0 aliphatic rings. The van der Waals surface area contributed by atoms with Crippen LogP contribution in [-0.2, 0) is 0 Å². The number of aromatic hydroxyl groups is 1. The van der Waals surface area contributed by atoms with Crippen LogP contribution in [0.4, 0.5) is 10.1 Å². The van der Waals surface area contributed by atoms with Crippen LogP contribution in [0.1, 0.15) is 15.9 Å². The second-order valence-electron chi connectivity index (χ2n) is 4.08. The highest BCUT2D eigenvalue weighted by Crippen LogP contribution is 2.22. The van der Waals surface area contributed by atoms with Crippen LogP contribution in [0.15, 0.2) is 36.4 Å². The van der Waals surface area contributed by atoms with Crippen molar-refractivity contribution in [1.29, 1.82) is 0 Å². The fourth-order valence-electron chi connectivity index (χ4n) is 1.54. The molecule has 1 amide bonds. The van der Waals surface area contributed by atoms with Gasteiger partial charge in [0.25, 0.3) is 5.91 Å². The second kappa shape index (κ2) is 5.28. The number of nitrogens with one attached hydrogen (secondary N) is 1. The van der Waals surface area contributed by atoms with Crippen LogP contribution >= 0.6 is 11.6 Å². The minimum atomic E-state index is -0.575. The van der Waals surface area contributed by atoms with Gasteiger partial charge in [0.1, 0.15) is 11.6 Å². The Morgan fingerprint density at radius 3 is 2.68 bits per heavy atom. The number of hydrogen-bond donors (Lipinski definition) is 2. The van der Waals surface area contributed by atoms with Crippen molar-refractivity contribution in [3.63, 3.8) is 0 Å². The standard InChI is InChI=1S/C14H11ClFNO2/c1-8-2-3-9(6-13(8)18)14(19)17-12-7-10(15)4-5-11(12)16/h2-7,18H,1H3,(H,17,19). The average Bonchev–Trinajstić information content (AvgIpc) is 2.37. The zero-order chi connectivity index (χ0) is 14.0. The van der Waals surface area contributed by atoms with Crippen molar-refractivity contribution in [3.05, 3.63) is 58.4 Å². The van der Waals surface area contributed by atoms with E-state index in [4.69, 9.17) is 11.6 Å². The molecule has 3 nitrogen and oxygen atoms in total. The molecule has 0 aliphatic carbocycles. The lowest BCUT2D eigenvalue weighted by atomic mass is 10.1. The van der Waals surface area contributed by atoms with E-state index in [0.29, 0.717) is 10.6 Å². The fraction of sp³-hybridized carbons (Fsp3) is 0.0714. The van der Waals surface area contributed by atoms with E-state index in [1.54, 1.807) is 19.1 Å². The number of amides is 1. The number of carbonyl (C=O) groups is 1. The van der Waals surface area contributed by atoms with E-state index in [-0.39, 0.29) is 17.0 Å². The first kappa shape index (κ1) is 13.4. The van der Waals surface area contributed by atoms with Crippen LogP contribution in [0, 0.1) is 12.7 Å². The van der Waals surface area contributed by atoms with Gasteiger partial charge in [-0.05, 0) is 42.8 Å². The molecule has 0 radical (unpaired) electrons. The van der Waals surface area contributed by atoms with Crippen LogP contribution in [-0.4, -0.2) is 11.0 Å². The van der Waals surface area contributed by atoms with E-state index in [2.05, 4.69) is 5.32 Å². The van der Waals surface area contributed by atoms with Gasteiger partial charge in [0, 0.05) is 10.6 Å². The van der Waals surface area contributed by atoms with Gasteiger partial charge in [-0.15, -0.1) is 0 Å². The Kier molecular flexibility index (Phi) is 3.71. The van der Waals surface area contributed by atoms with Crippen molar-refractivity contribution in [2.45, 2.75) is 6.92 Å². The molecular weight excluding hydrogens is 269 g/mol. The number of phenols is 1. The number of anilines is 1. The number of benzene rings is 2. The summed E-state index contributed by atoms with van der Waals surface area (Å²) in [6, 6.07) is 8.37. The summed E-state index contributed by atoms with van der Waals surface area (Å²) in [6.45, 7) is 1.72. The molecule has 0 aliphatic heterocycles. The van der Waals surface area contributed by atoms with E-state index < -0.39 is 11.7 Å². The topological polar surface area (TPSA) is 49.3 Å². The first-order valence-electron chi connectivity index (χ1n) is 5.53. The lowest BCUT2D eigenvalue weighted by Crippen LogP contribution is -2.13. The Labute approximate surface area is 114 Å². The molecule has 5 heteroatoms. The van der Waals surface area contributed by atoms with Crippen molar-refractivity contribution in [2.75, 3.05) is 5.32 Å². The maximum atomic E-state index is 13.5. The SMILES string of the molecule is Cc1ccc(C(=O)Nc2cc(Cl)ccc2F)cc1O. The second-order valence-corrected chi connectivity index (χ2v) is 4.52. The van der Waals surface area contributed by atoms with Crippen molar-refractivity contribution in [1.82, 2.24) is 0 Å². The molecule has 0 saturated heterocycles. The monoisotopic (exact) mass is 279 g/mol. The quantitative estimate of drug-likeness (QED) is 0.880. The third-order valence-corrected chi connectivity index (χ3v) is 2.88. The van der Waals surface area contributed by atoms with Crippen LogP contribution < -0.4 is 5.32 Å². The van der Waals surface area contributed by atoms with Crippen LogP contribution in [0.2, 0.25) is 5.02 Å². The van der Waals surface area contributed by atoms with Gasteiger partial charge in [0.2, 0.25) is 0 Å². The Bertz CT molecular complexity index is 643. The maximum absolute atomic E-state index is 13.5. The largest absolute Gasteiger partial charge is 0.508 e. The summed E-state index contributed by atoms with van der Waals surface area (Å²) in [5.41, 5.74) is 0.894. The van der Waals surface area contributed by atoms with Gasteiger partial charge in [-0.3, -0.25) is 4.79 Å². The minimum absolute atomic E-state index is 0.00225. The van der Waals surface area contributed by atoms with Crippen molar-refractivity contribution in [3.8, 4) is 5.75 Å². The Morgan fingerprint density at radius 2 is 2.00 bits per heavy atom. The molecule has 0 heterocycles. The molecule has 0 aromatic heterocycles. The van der Waals surface area contributed by atoms with Gasteiger partial charge >= 0.3 is 0 Å². The predicted octanol–water partition coefficient (Wildman–Crippen LogP) is 3.75. The molecule has 0 saturated carbocycles. The highest BCUT2D eigenvalue weighted by Gasteiger charge is 2.11. The first-order chi connectivity index (χ1) is 8.97. The minimum Gasteiger partial charge on any atom is -0.508 e. The van der Waals surface area contributed by atoms with E-state index in [1.807, 2.05) is 0 Å². The number of carbonyl (C=O) groups excluding carboxylic acids is 1. The third kappa shape index (κ3) is 3.03. The van der Waals surface area contributed by atoms with E-state index in [1.165, 1.54) is 24.3 Å². The summed E-state index contributed by atoms with van der Waals surface area (Å²) >= 11 is 5.73. The van der Waals surface area contributed by atoms with Crippen molar-refractivity contribution < 1.29 is 14.3 Å². The lowest BCUT2D eigenvalue weighted by molar-refractivity contribution is 0.102. The van der Waals surface area contributed by atoms with Crippen molar-refractivity contribution >= 4 is 23.2 Å². The van der Waals surface area contributed by atoms with Crippen molar-refractivity contribution in [2.24, 2.45) is 0 Å². The molecule has 2 aromatic rings. The molecule has 0 unspecified atom stereocenters. The summed E-state index contributed by atoms with van der Waals surface area (Å²) < 4.78 is 13.5. The fourth-order valence-corrected chi connectivity index (χ4v) is 1.71. The molecule has 98 valence electrons. The van der Waals surface area contributed by atoms with Crippen LogP contribution in [0.3, 0.4) is 0 Å². The van der Waals surface area contributed by atoms with Crippen LogP contribution in [0.25, 0.3) is 0 Å². The van der Waals surface area contributed by atoms with E-state index in [9.17, 15) is 14.3 Å². The third-order valence-electron chi connectivity index (χ3n) is 2.65. The molecule has 0 fully saturated rings. The van der Waals surface area contributed by atoms with Gasteiger partial charge in [-0.25, -0.2) is 4.39 Å². The van der Waals surface area contributed by atoms with Gasteiger partial charge in [-0.2, -0.15) is 0 Å². The van der Waals surface area contributed by atoms with Gasteiger partial charge < -0.3 is 10.4 Å². The highest BCUT2D eigenvalue weighted by molar-refractivity contribution is 6.31. The normalized spacial score (nSPS) is 10.3. The molecule has 19 heavy (non-hydrogen) atoms. The maximum Gasteiger partial charge on any atom is 0.255 e. The van der Waals surface area contributed by atoms with Gasteiger partial charge in [0.05, 0.1) is 5.69 Å². The number of phenolic OH excluding ortho intramolecular Hbond substituents is 1. The molecule has 0 atom stereocenters. The van der Waals surface area contributed by atoms with Crippen LogP contribution in [0.5, 0.6) is 5.75 Å². The van der Waals surface area contributed by atoms with Gasteiger partial charge in [-0.1, -0.05) is 17.7 Å². The summed E-state index contributed by atoms with van der Waals surface area (Å²) in [5, 5.41) is 12.3. The predicted molar refractivity (Wildman–Crippen MR) is 72.2 cm³/mol. The Balaban J connectivity index is 2.25. The number of rotatable bonds is 2. The number of halogens is 2. The molecule has 0 bridgehead atoms. The average molecular weight is 280 g/mol. The molecule has 2 N–H and O–H groups in total. The summed E-state index contributed by atoms with van der Waals surface area (Å²) in [4.78, 5) is 11.9. The summed E-state index contributed by atoms with van der Waals surface area (Å²) in [5.74, 6) is -1.08. The Morgan fingerprint density at radius 1 is 1.26 bits per heavy atom. The molecule has 0 spiro atoms. The molecule has 2 rings (SSSR count). The number of hydrogen-bond acceptors (Lipinski definition) is 2. The lowest BCUT2D eigenvalue weighted by Gasteiger charge is -2.08. The summed E-state index contributed by atoms with van der Waals surface area (Å²) in [6.07, 6.45) is 0. The molecule has 2 aromatic carbocycles. The molecular formula is C14H11ClFNO2. The smallest absolute Gasteiger partial charge is 0.255 e. The summed E-state index contributed by atoms with van der Waals surface area (Å²) in [7, 11) is 0.